The van der Waals surface area contributed by atoms with E-state index >= 15 is 0 Å². The van der Waals surface area contributed by atoms with Crippen LogP contribution in [0.4, 0.5) is 0 Å². The lowest BCUT2D eigenvalue weighted by atomic mass is 10.0. The predicted molar refractivity (Wildman–Crippen MR) is 74.6 cm³/mol. The number of rotatable bonds is 4. The molecule has 0 saturated heterocycles. The summed E-state index contributed by atoms with van der Waals surface area (Å²) in [5.41, 5.74) is 5.61. The van der Waals surface area contributed by atoms with Crippen molar-refractivity contribution in [1.82, 2.24) is 9.88 Å². The summed E-state index contributed by atoms with van der Waals surface area (Å²) in [5.74, 6) is 0. The summed E-state index contributed by atoms with van der Waals surface area (Å²) in [6.45, 7) is 5.47. The van der Waals surface area contributed by atoms with Crippen LogP contribution in [-0.2, 0) is 13.5 Å². The van der Waals surface area contributed by atoms with Crippen molar-refractivity contribution in [2.75, 3.05) is 13.6 Å². The van der Waals surface area contributed by atoms with Crippen LogP contribution >= 0.6 is 0 Å². The van der Waals surface area contributed by atoms with Crippen LogP contribution in [0.1, 0.15) is 23.2 Å². The van der Waals surface area contributed by atoms with Gasteiger partial charge in [0.05, 0.1) is 0 Å². The first kappa shape index (κ1) is 12.2. The summed E-state index contributed by atoms with van der Waals surface area (Å²) < 4.78 is 2.32. The lowest BCUT2D eigenvalue weighted by Gasteiger charge is -2.02. The fourth-order valence-electron chi connectivity index (χ4n) is 2.51. The van der Waals surface area contributed by atoms with Gasteiger partial charge in [-0.15, -0.1) is 0 Å². The summed E-state index contributed by atoms with van der Waals surface area (Å²) in [6.07, 6.45) is 2.36. The van der Waals surface area contributed by atoms with Crippen LogP contribution in [0.3, 0.4) is 0 Å². The van der Waals surface area contributed by atoms with Crippen LogP contribution < -0.4 is 5.32 Å². The van der Waals surface area contributed by atoms with Crippen molar-refractivity contribution in [2.45, 2.75) is 26.7 Å². The van der Waals surface area contributed by atoms with Gasteiger partial charge in [-0.05, 0) is 57.5 Å². The molecule has 17 heavy (non-hydrogen) atoms. The highest BCUT2D eigenvalue weighted by Crippen LogP contribution is 2.26. The number of hydrogen-bond donors (Lipinski definition) is 1. The fraction of sp³-hybridized carbons (Fsp3) is 0.467. The molecule has 2 heteroatoms. The SMILES string of the molecule is CNCCCc1c(C)n(C)c2cc(C)ccc12. The Kier molecular flexibility index (Phi) is 3.53. The monoisotopic (exact) mass is 230 g/mol. The molecule has 1 N–H and O–H groups in total. The van der Waals surface area contributed by atoms with Crippen LogP contribution in [0.5, 0.6) is 0 Å². The molecule has 92 valence electrons. The number of aryl methyl sites for hydroxylation is 3. The number of benzene rings is 1. The topological polar surface area (TPSA) is 17.0 Å². The second kappa shape index (κ2) is 4.92. The highest BCUT2D eigenvalue weighted by atomic mass is 14.9. The molecular formula is C15H22N2. The molecule has 0 saturated carbocycles. The molecule has 0 unspecified atom stereocenters. The number of nitrogens with zero attached hydrogens (tertiary/aromatic N) is 1. The minimum absolute atomic E-state index is 1.09. The smallest absolute Gasteiger partial charge is 0.0485 e. The summed E-state index contributed by atoms with van der Waals surface area (Å²) >= 11 is 0. The number of fused-ring (bicyclic) bond motifs is 1. The van der Waals surface area contributed by atoms with Crippen molar-refractivity contribution in [3.8, 4) is 0 Å². The molecule has 2 rings (SSSR count). The van der Waals surface area contributed by atoms with Gasteiger partial charge in [0.25, 0.3) is 0 Å². The molecule has 1 aromatic carbocycles. The first-order valence-corrected chi connectivity index (χ1v) is 6.34. The highest BCUT2D eigenvalue weighted by Gasteiger charge is 2.11. The molecule has 0 radical (unpaired) electrons. The van der Waals surface area contributed by atoms with Gasteiger partial charge in [-0.1, -0.05) is 12.1 Å². The van der Waals surface area contributed by atoms with E-state index in [0.717, 1.165) is 13.0 Å². The van der Waals surface area contributed by atoms with Gasteiger partial charge in [0, 0.05) is 23.6 Å². The summed E-state index contributed by atoms with van der Waals surface area (Å²) in [5, 5.41) is 4.64. The first-order chi connectivity index (χ1) is 8.15. The second-order valence-electron chi connectivity index (χ2n) is 4.85. The average molecular weight is 230 g/mol. The van der Waals surface area contributed by atoms with Crippen molar-refractivity contribution in [3.63, 3.8) is 0 Å². The zero-order chi connectivity index (χ0) is 12.4. The molecular weight excluding hydrogens is 208 g/mol. The fourth-order valence-corrected chi connectivity index (χ4v) is 2.51. The third-order valence-electron chi connectivity index (χ3n) is 3.63. The molecule has 0 bridgehead atoms. The molecule has 2 nitrogen and oxygen atoms in total. The minimum atomic E-state index is 1.09. The van der Waals surface area contributed by atoms with Crippen LogP contribution in [0.15, 0.2) is 18.2 Å². The Morgan fingerprint density at radius 1 is 1.24 bits per heavy atom. The van der Waals surface area contributed by atoms with Gasteiger partial charge in [-0.3, -0.25) is 0 Å². The molecule has 1 aromatic heterocycles. The first-order valence-electron chi connectivity index (χ1n) is 6.34. The summed E-state index contributed by atoms with van der Waals surface area (Å²) in [6, 6.07) is 6.76. The maximum Gasteiger partial charge on any atom is 0.0485 e. The molecule has 2 aromatic rings. The third kappa shape index (κ3) is 2.22. The summed E-state index contributed by atoms with van der Waals surface area (Å²) in [4.78, 5) is 0. The lowest BCUT2D eigenvalue weighted by molar-refractivity contribution is 0.722. The van der Waals surface area contributed by atoms with Gasteiger partial charge < -0.3 is 9.88 Å². The average Bonchev–Trinajstić information content (AvgIpc) is 2.54. The zero-order valence-corrected chi connectivity index (χ0v) is 11.3. The molecule has 0 amide bonds. The maximum atomic E-state index is 3.21. The Morgan fingerprint density at radius 3 is 2.71 bits per heavy atom. The van der Waals surface area contributed by atoms with Gasteiger partial charge in [0.2, 0.25) is 0 Å². The summed E-state index contributed by atoms with van der Waals surface area (Å²) in [7, 11) is 4.18. The maximum absolute atomic E-state index is 3.21. The Morgan fingerprint density at radius 2 is 2.00 bits per heavy atom. The van der Waals surface area contributed by atoms with Crippen molar-refractivity contribution in [3.05, 3.63) is 35.0 Å². The van der Waals surface area contributed by atoms with Gasteiger partial charge in [0.1, 0.15) is 0 Å². The van der Waals surface area contributed by atoms with Crippen molar-refractivity contribution in [2.24, 2.45) is 7.05 Å². The molecule has 0 fully saturated rings. The molecule has 0 aliphatic carbocycles. The normalized spacial score (nSPS) is 11.3. The van der Waals surface area contributed by atoms with Crippen LogP contribution in [0.25, 0.3) is 10.9 Å². The Balaban J connectivity index is 2.44. The van der Waals surface area contributed by atoms with E-state index in [-0.39, 0.29) is 0 Å². The van der Waals surface area contributed by atoms with Crippen LogP contribution in [-0.4, -0.2) is 18.2 Å². The van der Waals surface area contributed by atoms with Gasteiger partial charge >= 0.3 is 0 Å². The number of hydrogen-bond acceptors (Lipinski definition) is 1. The van der Waals surface area contributed by atoms with Gasteiger partial charge in [-0.2, -0.15) is 0 Å². The molecule has 1 heterocycles. The van der Waals surface area contributed by atoms with E-state index < -0.39 is 0 Å². The van der Waals surface area contributed by atoms with Gasteiger partial charge in [0.15, 0.2) is 0 Å². The standard InChI is InChI=1S/C15H22N2/c1-11-7-8-14-13(6-5-9-16-3)12(2)17(4)15(14)10-11/h7-8,10,16H,5-6,9H2,1-4H3. The molecule has 0 spiro atoms. The Labute approximate surface area is 104 Å². The van der Waals surface area contributed by atoms with E-state index in [1.165, 1.54) is 34.1 Å². The second-order valence-corrected chi connectivity index (χ2v) is 4.85. The quantitative estimate of drug-likeness (QED) is 0.799. The largest absolute Gasteiger partial charge is 0.348 e. The minimum Gasteiger partial charge on any atom is -0.348 e. The third-order valence-corrected chi connectivity index (χ3v) is 3.63. The van der Waals surface area contributed by atoms with Crippen molar-refractivity contribution < 1.29 is 0 Å². The van der Waals surface area contributed by atoms with Crippen molar-refractivity contribution >= 4 is 10.9 Å². The van der Waals surface area contributed by atoms with Crippen LogP contribution in [0, 0.1) is 13.8 Å². The molecule has 0 aliphatic heterocycles. The van der Waals surface area contributed by atoms with Crippen LogP contribution in [0.2, 0.25) is 0 Å². The molecule has 0 aliphatic rings. The van der Waals surface area contributed by atoms with E-state index in [4.69, 9.17) is 0 Å². The number of aromatic nitrogens is 1. The van der Waals surface area contributed by atoms with E-state index in [2.05, 4.69) is 49.0 Å². The predicted octanol–water partition coefficient (Wildman–Crippen LogP) is 2.95. The number of nitrogens with one attached hydrogen (secondary N) is 1. The van der Waals surface area contributed by atoms with E-state index in [0.29, 0.717) is 0 Å². The zero-order valence-electron chi connectivity index (χ0n) is 11.3. The van der Waals surface area contributed by atoms with E-state index in [1.807, 2.05) is 7.05 Å². The Hall–Kier alpha value is -1.28. The van der Waals surface area contributed by atoms with E-state index in [9.17, 15) is 0 Å². The van der Waals surface area contributed by atoms with Gasteiger partial charge in [-0.25, -0.2) is 0 Å². The molecule has 0 atom stereocenters. The lowest BCUT2D eigenvalue weighted by Crippen LogP contribution is -2.08. The Bertz CT molecular complexity index is 523. The highest BCUT2D eigenvalue weighted by molar-refractivity contribution is 5.86. The van der Waals surface area contributed by atoms with E-state index in [1.54, 1.807) is 0 Å². The van der Waals surface area contributed by atoms with Crippen molar-refractivity contribution in [1.29, 1.82) is 0 Å².